The maximum absolute atomic E-state index is 8.76. The number of nitrogens with zero attached hydrogens (tertiary/aromatic N) is 1. The van der Waals surface area contributed by atoms with Gasteiger partial charge in [0.1, 0.15) is 6.07 Å². The van der Waals surface area contributed by atoms with Crippen molar-refractivity contribution in [2.24, 2.45) is 0 Å². The zero-order valence-corrected chi connectivity index (χ0v) is 8.45. The Bertz CT molecular complexity index is 467. The first kappa shape index (κ1) is 7.78. The van der Waals surface area contributed by atoms with E-state index in [9.17, 15) is 0 Å². The van der Waals surface area contributed by atoms with Crippen LogP contribution in [0.1, 0.15) is 5.56 Å². The van der Waals surface area contributed by atoms with Gasteiger partial charge in [0.2, 0.25) is 0 Å². The molecule has 0 unspecified atom stereocenters. The summed E-state index contributed by atoms with van der Waals surface area (Å²) >= 11 is 4.98. The van der Waals surface area contributed by atoms with E-state index in [0.717, 1.165) is 20.1 Å². The van der Waals surface area contributed by atoms with E-state index >= 15 is 0 Å². The number of benzene rings is 1. The number of hydrogen-bond acceptors (Lipinski definition) is 2. The Morgan fingerprint density at radius 3 is 3.00 bits per heavy atom. The van der Waals surface area contributed by atoms with Crippen LogP contribution < -0.4 is 0 Å². The molecule has 0 bridgehead atoms. The summed E-state index contributed by atoms with van der Waals surface area (Å²) in [7, 11) is 0. The van der Waals surface area contributed by atoms with E-state index < -0.39 is 0 Å². The zero-order chi connectivity index (χ0) is 8.55. The lowest BCUT2D eigenvalue weighted by molar-refractivity contribution is 1.52. The van der Waals surface area contributed by atoms with Crippen LogP contribution in [0.25, 0.3) is 10.1 Å². The molecule has 3 heteroatoms. The fourth-order valence-electron chi connectivity index (χ4n) is 1.09. The molecule has 58 valence electrons. The van der Waals surface area contributed by atoms with Crippen molar-refractivity contribution in [3.63, 3.8) is 0 Å². The van der Waals surface area contributed by atoms with Crippen molar-refractivity contribution >= 4 is 37.4 Å². The lowest BCUT2D eigenvalue weighted by Gasteiger charge is -1.90. The average Bonchev–Trinajstić information content (AvgIpc) is 2.46. The van der Waals surface area contributed by atoms with Crippen molar-refractivity contribution in [3.05, 3.63) is 33.6 Å². The van der Waals surface area contributed by atoms with Gasteiger partial charge >= 0.3 is 0 Å². The summed E-state index contributed by atoms with van der Waals surface area (Å²) in [4.78, 5) is 0. The third kappa shape index (κ3) is 1.13. The van der Waals surface area contributed by atoms with Crippen LogP contribution in [0.5, 0.6) is 0 Å². The Hall–Kier alpha value is -0.850. The topological polar surface area (TPSA) is 23.8 Å². The van der Waals surface area contributed by atoms with Gasteiger partial charge in [0.15, 0.2) is 0 Å². The van der Waals surface area contributed by atoms with Crippen LogP contribution in [-0.2, 0) is 0 Å². The molecule has 0 atom stereocenters. The fraction of sp³-hybridized carbons (Fsp3) is 0. The normalized spacial score (nSPS) is 10.0. The van der Waals surface area contributed by atoms with Gasteiger partial charge in [-0.2, -0.15) is 5.26 Å². The van der Waals surface area contributed by atoms with Gasteiger partial charge in [-0.1, -0.05) is 15.9 Å². The van der Waals surface area contributed by atoms with E-state index in [1.807, 2.05) is 23.6 Å². The SMILES string of the molecule is N#Cc1csc2ccc(Br)cc12. The van der Waals surface area contributed by atoms with Crippen molar-refractivity contribution in [1.29, 1.82) is 5.26 Å². The van der Waals surface area contributed by atoms with Gasteiger partial charge in [-0.05, 0) is 18.2 Å². The molecule has 1 nitrogen and oxygen atoms in total. The summed E-state index contributed by atoms with van der Waals surface area (Å²) in [6.07, 6.45) is 0. The van der Waals surface area contributed by atoms with Gasteiger partial charge in [0.25, 0.3) is 0 Å². The highest BCUT2D eigenvalue weighted by Gasteiger charge is 2.02. The van der Waals surface area contributed by atoms with Crippen LogP contribution in [0, 0.1) is 11.3 Å². The Morgan fingerprint density at radius 1 is 1.42 bits per heavy atom. The lowest BCUT2D eigenvalue weighted by Crippen LogP contribution is -1.69. The van der Waals surface area contributed by atoms with Crippen molar-refractivity contribution in [3.8, 4) is 6.07 Å². The number of thiophene rings is 1. The van der Waals surface area contributed by atoms with Crippen LogP contribution >= 0.6 is 27.3 Å². The minimum absolute atomic E-state index is 0.760. The Labute approximate surface area is 82.4 Å². The molecular formula is C9H4BrNS. The highest BCUT2D eigenvalue weighted by atomic mass is 79.9. The molecule has 0 saturated heterocycles. The molecule has 0 spiro atoms. The second kappa shape index (κ2) is 2.89. The first-order chi connectivity index (χ1) is 5.81. The smallest absolute Gasteiger partial charge is 0.101 e. The highest BCUT2D eigenvalue weighted by Crippen LogP contribution is 2.27. The van der Waals surface area contributed by atoms with Gasteiger partial charge < -0.3 is 0 Å². The lowest BCUT2D eigenvalue weighted by atomic mass is 10.2. The monoisotopic (exact) mass is 237 g/mol. The molecular weight excluding hydrogens is 234 g/mol. The third-order valence-electron chi connectivity index (χ3n) is 1.66. The van der Waals surface area contributed by atoms with Gasteiger partial charge in [-0.15, -0.1) is 11.3 Å². The average molecular weight is 238 g/mol. The number of hydrogen-bond donors (Lipinski definition) is 0. The predicted molar refractivity (Wildman–Crippen MR) is 54.2 cm³/mol. The summed E-state index contributed by atoms with van der Waals surface area (Å²) in [6, 6.07) is 8.15. The molecule has 12 heavy (non-hydrogen) atoms. The van der Waals surface area contributed by atoms with E-state index in [4.69, 9.17) is 5.26 Å². The summed E-state index contributed by atoms with van der Waals surface area (Å²) in [5.41, 5.74) is 0.760. The van der Waals surface area contributed by atoms with Gasteiger partial charge in [-0.25, -0.2) is 0 Å². The van der Waals surface area contributed by atoms with Gasteiger partial charge in [0, 0.05) is 19.9 Å². The molecule has 0 saturated carbocycles. The quantitative estimate of drug-likeness (QED) is 0.688. The minimum atomic E-state index is 0.760. The van der Waals surface area contributed by atoms with E-state index in [-0.39, 0.29) is 0 Å². The van der Waals surface area contributed by atoms with Gasteiger partial charge in [-0.3, -0.25) is 0 Å². The second-order valence-corrected chi connectivity index (χ2v) is 4.23. The molecule has 0 aliphatic carbocycles. The molecule has 0 fully saturated rings. The Balaban J connectivity index is 2.86. The van der Waals surface area contributed by atoms with Crippen molar-refractivity contribution in [1.82, 2.24) is 0 Å². The Kier molecular flexibility index (Phi) is 1.87. The first-order valence-corrected chi connectivity index (χ1v) is 5.05. The first-order valence-electron chi connectivity index (χ1n) is 3.38. The summed E-state index contributed by atoms with van der Waals surface area (Å²) < 4.78 is 2.18. The maximum Gasteiger partial charge on any atom is 0.101 e. The van der Waals surface area contributed by atoms with Crippen LogP contribution in [0.4, 0.5) is 0 Å². The minimum Gasteiger partial charge on any atom is -0.192 e. The van der Waals surface area contributed by atoms with Gasteiger partial charge in [0.05, 0.1) is 5.56 Å². The number of nitriles is 1. The van der Waals surface area contributed by atoms with E-state index in [1.165, 1.54) is 0 Å². The van der Waals surface area contributed by atoms with Crippen LogP contribution in [0.3, 0.4) is 0 Å². The largest absolute Gasteiger partial charge is 0.192 e. The summed E-state index contributed by atoms with van der Waals surface area (Å²) in [5, 5.41) is 11.7. The van der Waals surface area contributed by atoms with E-state index in [0.29, 0.717) is 0 Å². The second-order valence-electron chi connectivity index (χ2n) is 2.40. The third-order valence-corrected chi connectivity index (χ3v) is 3.11. The molecule has 1 heterocycles. The molecule has 0 amide bonds. The molecule has 0 aliphatic rings. The van der Waals surface area contributed by atoms with Crippen LogP contribution in [-0.4, -0.2) is 0 Å². The molecule has 1 aromatic heterocycles. The predicted octanol–water partition coefficient (Wildman–Crippen LogP) is 3.54. The molecule has 2 aromatic rings. The van der Waals surface area contributed by atoms with E-state index in [1.54, 1.807) is 11.3 Å². The van der Waals surface area contributed by atoms with Crippen molar-refractivity contribution in [2.75, 3.05) is 0 Å². The molecule has 0 radical (unpaired) electrons. The molecule has 0 N–H and O–H groups in total. The van der Waals surface area contributed by atoms with Crippen LogP contribution in [0.2, 0.25) is 0 Å². The number of rotatable bonds is 0. The summed E-state index contributed by atoms with van der Waals surface area (Å²) in [5.74, 6) is 0. The highest BCUT2D eigenvalue weighted by molar-refractivity contribution is 9.10. The summed E-state index contributed by atoms with van der Waals surface area (Å²) in [6.45, 7) is 0. The fourth-order valence-corrected chi connectivity index (χ4v) is 2.32. The standard InChI is InChI=1S/C9H4BrNS/c10-7-1-2-9-8(3-7)6(4-11)5-12-9/h1-3,5H. The Morgan fingerprint density at radius 2 is 2.25 bits per heavy atom. The maximum atomic E-state index is 8.76. The molecule has 0 aliphatic heterocycles. The van der Waals surface area contributed by atoms with Crippen molar-refractivity contribution < 1.29 is 0 Å². The number of halogens is 1. The zero-order valence-electron chi connectivity index (χ0n) is 6.04. The number of fused-ring (bicyclic) bond motifs is 1. The van der Waals surface area contributed by atoms with Crippen LogP contribution in [0.15, 0.2) is 28.1 Å². The molecule has 1 aromatic carbocycles. The van der Waals surface area contributed by atoms with E-state index in [2.05, 4.69) is 22.0 Å². The molecule has 2 rings (SSSR count). The van der Waals surface area contributed by atoms with Crippen molar-refractivity contribution in [2.45, 2.75) is 0 Å².